The van der Waals surface area contributed by atoms with Crippen LogP contribution in [0.5, 0.6) is 0 Å². The second-order valence-electron chi connectivity index (χ2n) is 5.86. The van der Waals surface area contributed by atoms with E-state index in [0.29, 0.717) is 11.3 Å². The Bertz CT molecular complexity index is 720. The Morgan fingerprint density at radius 3 is 2.14 bits per heavy atom. The molecule has 0 saturated heterocycles. The Morgan fingerprint density at radius 1 is 1.05 bits per heavy atom. The molecule has 0 aliphatic rings. The number of rotatable bonds is 2. The SMILES string of the molecule is COC(=O)c1ccc(-c2ccc(C#C[Si](C)(C)C)cn2)nc1. The molecule has 2 aromatic rings. The first-order chi connectivity index (χ1) is 10.4. The molecule has 0 N–H and O–H groups in total. The average molecular weight is 310 g/mol. The van der Waals surface area contributed by atoms with E-state index in [1.165, 1.54) is 13.3 Å². The Morgan fingerprint density at radius 2 is 1.68 bits per heavy atom. The normalized spacial score (nSPS) is 10.5. The lowest BCUT2D eigenvalue weighted by molar-refractivity contribution is 0.0600. The Balaban J connectivity index is 2.20. The van der Waals surface area contributed by atoms with Gasteiger partial charge in [0.15, 0.2) is 0 Å². The number of carbonyl (C=O) groups excluding carboxylic acids is 1. The molecule has 0 unspecified atom stereocenters. The molecule has 0 fully saturated rings. The standard InChI is InChI=1S/C17H18N2O2Si/c1-21-17(20)14-6-8-16(19-12-14)15-7-5-13(11-18-15)9-10-22(2,3)4/h5-8,11-12H,1-4H3. The molecule has 2 rings (SSSR count). The van der Waals surface area contributed by atoms with E-state index < -0.39 is 14.0 Å². The maximum atomic E-state index is 11.4. The largest absolute Gasteiger partial charge is 0.465 e. The maximum Gasteiger partial charge on any atom is 0.339 e. The zero-order valence-corrected chi connectivity index (χ0v) is 14.2. The lowest BCUT2D eigenvalue weighted by atomic mass is 10.2. The summed E-state index contributed by atoms with van der Waals surface area (Å²) in [7, 11) is -0.0381. The minimum Gasteiger partial charge on any atom is -0.465 e. The van der Waals surface area contributed by atoms with Gasteiger partial charge in [-0.2, -0.15) is 0 Å². The second-order valence-corrected chi connectivity index (χ2v) is 10.6. The third-order valence-corrected chi connectivity index (χ3v) is 3.67. The van der Waals surface area contributed by atoms with E-state index in [0.717, 1.165) is 11.3 Å². The number of carbonyl (C=O) groups is 1. The van der Waals surface area contributed by atoms with Crippen LogP contribution in [0.3, 0.4) is 0 Å². The monoisotopic (exact) mass is 310 g/mol. The highest BCUT2D eigenvalue weighted by Crippen LogP contribution is 2.15. The Hall–Kier alpha value is -2.45. The number of methoxy groups -OCH3 is 1. The van der Waals surface area contributed by atoms with Gasteiger partial charge in [-0.25, -0.2) is 4.79 Å². The lowest BCUT2D eigenvalue weighted by Crippen LogP contribution is -2.16. The highest BCUT2D eigenvalue weighted by Gasteiger charge is 2.08. The van der Waals surface area contributed by atoms with Crippen LogP contribution in [0.25, 0.3) is 11.4 Å². The van der Waals surface area contributed by atoms with Crippen LogP contribution < -0.4 is 0 Å². The molecule has 2 heterocycles. The zero-order valence-electron chi connectivity index (χ0n) is 13.2. The summed E-state index contributed by atoms with van der Waals surface area (Å²) >= 11 is 0. The van der Waals surface area contributed by atoms with Crippen molar-refractivity contribution in [1.29, 1.82) is 0 Å². The van der Waals surface area contributed by atoms with E-state index in [1.807, 2.05) is 12.1 Å². The van der Waals surface area contributed by atoms with Crippen LogP contribution in [0.4, 0.5) is 0 Å². The summed E-state index contributed by atoms with van der Waals surface area (Å²) in [6, 6.07) is 7.25. The molecule has 22 heavy (non-hydrogen) atoms. The highest BCUT2D eigenvalue weighted by atomic mass is 28.3. The summed E-state index contributed by atoms with van der Waals surface area (Å²) in [5, 5.41) is 0. The molecule has 0 bridgehead atoms. The van der Waals surface area contributed by atoms with E-state index in [-0.39, 0.29) is 0 Å². The van der Waals surface area contributed by atoms with Gasteiger partial charge < -0.3 is 4.74 Å². The molecular weight excluding hydrogens is 292 g/mol. The lowest BCUT2D eigenvalue weighted by Gasteiger charge is -2.04. The predicted octanol–water partition coefficient (Wildman–Crippen LogP) is 3.16. The van der Waals surface area contributed by atoms with Gasteiger partial charge in [0.25, 0.3) is 0 Å². The number of ether oxygens (including phenoxy) is 1. The van der Waals surface area contributed by atoms with Crippen LogP contribution in [0.2, 0.25) is 19.6 Å². The third-order valence-electron chi connectivity index (χ3n) is 2.79. The number of aromatic nitrogens is 2. The molecule has 0 spiro atoms. The number of hydrogen-bond acceptors (Lipinski definition) is 4. The van der Waals surface area contributed by atoms with Gasteiger partial charge in [-0.3, -0.25) is 9.97 Å². The van der Waals surface area contributed by atoms with Crippen LogP contribution in [-0.4, -0.2) is 31.1 Å². The van der Waals surface area contributed by atoms with Crippen LogP contribution >= 0.6 is 0 Å². The first-order valence-corrected chi connectivity index (χ1v) is 10.4. The predicted molar refractivity (Wildman–Crippen MR) is 89.0 cm³/mol. The van der Waals surface area contributed by atoms with Crippen molar-refractivity contribution in [2.24, 2.45) is 0 Å². The summed E-state index contributed by atoms with van der Waals surface area (Å²) in [5.41, 5.74) is 6.08. The fourth-order valence-electron chi connectivity index (χ4n) is 1.66. The molecule has 0 amide bonds. The van der Waals surface area contributed by atoms with Gasteiger partial charge in [0.05, 0.1) is 24.1 Å². The molecule has 0 atom stereocenters. The molecule has 0 saturated carbocycles. The minimum absolute atomic E-state index is 0.399. The number of esters is 1. The smallest absolute Gasteiger partial charge is 0.339 e. The first-order valence-electron chi connectivity index (χ1n) is 6.93. The molecule has 2 aromatic heterocycles. The summed E-state index contributed by atoms with van der Waals surface area (Å²) in [5.74, 6) is 2.76. The minimum atomic E-state index is -1.38. The summed E-state index contributed by atoms with van der Waals surface area (Å²) in [6.07, 6.45) is 3.24. The number of pyridine rings is 2. The van der Waals surface area contributed by atoms with Crippen molar-refractivity contribution < 1.29 is 9.53 Å². The fraction of sp³-hybridized carbons (Fsp3) is 0.235. The molecule has 4 nitrogen and oxygen atoms in total. The molecule has 0 radical (unpaired) electrons. The van der Waals surface area contributed by atoms with Gasteiger partial charge in [-0.1, -0.05) is 25.6 Å². The van der Waals surface area contributed by atoms with Crippen molar-refractivity contribution in [3.05, 3.63) is 47.8 Å². The van der Waals surface area contributed by atoms with Crippen LogP contribution in [-0.2, 0) is 4.74 Å². The first kappa shape index (κ1) is 15.9. The van der Waals surface area contributed by atoms with E-state index in [9.17, 15) is 4.79 Å². The quantitative estimate of drug-likeness (QED) is 0.486. The number of nitrogens with zero attached hydrogens (tertiary/aromatic N) is 2. The van der Waals surface area contributed by atoms with Crippen LogP contribution in [0.1, 0.15) is 15.9 Å². The van der Waals surface area contributed by atoms with Gasteiger partial charge in [0, 0.05) is 18.0 Å². The van der Waals surface area contributed by atoms with Crippen molar-refractivity contribution in [2.75, 3.05) is 7.11 Å². The van der Waals surface area contributed by atoms with E-state index in [4.69, 9.17) is 0 Å². The third kappa shape index (κ3) is 4.27. The van der Waals surface area contributed by atoms with E-state index >= 15 is 0 Å². The van der Waals surface area contributed by atoms with Gasteiger partial charge in [0.2, 0.25) is 0 Å². The van der Waals surface area contributed by atoms with Crippen LogP contribution in [0.15, 0.2) is 36.7 Å². The molecule has 5 heteroatoms. The van der Waals surface area contributed by atoms with Crippen molar-refractivity contribution in [1.82, 2.24) is 9.97 Å². The maximum absolute atomic E-state index is 11.4. The Labute approximate surface area is 131 Å². The second kappa shape index (κ2) is 6.54. The van der Waals surface area contributed by atoms with E-state index in [2.05, 4.69) is 45.8 Å². The summed E-state index contributed by atoms with van der Waals surface area (Å²) in [6.45, 7) is 6.61. The molecule has 0 aliphatic heterocycles. The fourth-order valence-corrected chi connectivity index (χ4v) is 2.18. The van der Waals surface area contributed by atoms with Gasteiger partial charge >= 0.3 is 5.97 Å². The molecule has 112 valence electrons. The van der Waals surface area contributed by atoms with Crippen molar-refractivity contribution in [3.8, 4) is 22.9 Å². The molecular formula is C17H18N2O2Si. The molecule has 0 aromatic carbocycles. The van der Waals surface area contributed by atoms with Crippen molar-refractivity contribution >= 4 is 14.0 Å². The zero-order chi connectivity index (χ0) is 16.2. The van der Waals surface area contributed by atoms with Gasteiger partial charge in [-0.15, -0.1) is 5.54 Å². The highest BCUT2D eigenvalue weighted by molar-refractivity contribution is 6.83. The van der Waals surface area contributed by atoms with Crippen molar-refractivity contribution in [2.45, 2.75) is 19.6 Å². The topological polar surface area (TPSA) is 52.1 Å². The van der Waals surface area contributed by atoms with Gasteiger partial charge in [-0.05, 0) is 24.3 Å². The average Bonchev–Trinajstić information content (AvgIpc) is 2.52. The molecule has 0 aliphatic carbocycles. The van der Waals surface area contributed by atoms with E-state index in [1.54, 1.807) is 18.3 Å². The van der Waals surface area contributed by atoms with Crippen molar-refractivity contribution in [3.63, 3.8) is 0 Å². The van der Waals surface area contributed by atoms with Gasteiger partial charge in [0.1, 0.15) is 8.07 Å². The Kier molecular flexibility index (Phi) is 4.74. The summed E-state index contributed by atoms with van der Waals surface area (Å²) < 4.78 is 4.65. The number of hydrogen-bond donors (Lipinski definition) is 0. The van der Waals surface area contributed by atoms with Crippen LogP contribution in [0, 0.1) is 11.5 Å². The summed E-state index contributed by atoms with van der Waals surface area (Å²) in [4.78, 5) is 20.0.